The quantitative estimate of drug-likeness (QED) is 0.334. The van der Waals surface area contributed by atoms with Crippen LogP contribution >= 0.6 is 0 Å². The van der Waals surface area contributed by atoms with E-state index in [2.05, 4.69) is 6.57 Å². The van der Waals surface area contributed by atoms with Crippen molar-refractivity contribution in [2.24, 2.45) is 0 Å². The van der Waals surface area contributed by atoms with Gasteiger partial charge in [0.15, 0.2) is 0 Å². The molecule has 0 aromatic rings. The minimum atomic E-state index is -4.67. The van der Waals surface area contributed by atoms with Crippen molar-refractivity contribution in [1.29, 1.82) is 5.26 Å². The van der Waals surface area contributed by atoms with Crippen molar-refractivity contribution in [3.8, 4) is 6.57 Å². The molecule has 2 N–H and O–H groups in total. The molecule has 44 valence electrons. The van der Waals surface area contributed by atoms with Crippen molar-refractivity contribution in [2.75, 3.05) is 0 Å². The molecule has 0 aliphatic heterocycles. The van der Waals surface area contributed by atoms with E-state index >= 15 is 0 Å². The van der Waals surface area contributed by atoms with E-state index in [4.69, 9.17) is 22.8 Å². The summed E-state index contributed by atoms with van der Waals surface area (Å²) in [5.41, 5.74) is 0. The molecule has 0 bridgehead atoms. The number of nitrogens with zero attached hydrogens (tertiary/aromatic N) is 1. The van der Waals surface area contributed by atoms with E-state index < -0.39 is 10.4 Å². The standard InChI is InChI=1S/CHN.Na.H2O4S.H/c1-2;;1-5(2,3)4;/h1H;;(H2,1,2,3,4);. The molecule has 0 aliphatic carbocycles. The van der Waals surface area contributed by atoms with E-state index in [9.17, 15) is 0 Å². The van der Waals surface area contributed by atoms with Gasteiger partial charge in [-0.05, 0) is 0 Å². The third-order valence-corrected chi connectivity index (χ3v) is 0. The van der Waals surface area contributed by atoms with Crippen LogP contribution in [0.4, 0.5) is 0 Å². The van der Waals surface area contributed by atoms with Crippen LogP contribution in [0.25, 0.3) is 0 Å². The van der Waals surface area contributed by atoms with E-state index in [0.717, 1.165) is 0 Å². The summed E-state index contributed by atoms with van der Waals surface area (Å²) >= 11 is 0. The Hall–Kier alpha value is 0.360. The molecule has 7 heteroatoms. The Labute approximate surface area is 69.2 Å². The monoisotopic (exact) mass is 149 g/mol. The molecule has 0 aromatic heterocycles. The average molecular weight is 149 g/mol. The fourth-order valence-corrected chi connectivity index (χ4v) is 0. The number of hydrogen-bond donors (Lipinski definition) is 2. The van der Waals surface area contributed by atoms with Crippen LogP contribution in [0.15, 0.2) is 0 Å². The number of rotatable bonds is 0. The van der Waals surface area contributed by atoms with Gasteiger partial charge in [0.25, 0.3) is 0 Å². The van der Waals surface area contributed by atoms with E-state index in [1.54, 1.807) is 0 Å². The van der Waals surface area contributed by atoms with Crippen molar-refractivity contribution >= 4 is 40.0 Å². The second-order valence-corrected chi connectivity index (χ2v) is 1.34. The number of hydrogen-bond acceptors (Lipinski definition) is 3. The van der Waals surface area contributed by atoms with Crippen molar-refractivity contribution in [3.05, 3.63) is 0 Å². The minimum absolute atomic E-state index is 0. The number of nitriles is 1. The fourth-order valence-electron chi connectivity index (χ4n) is 0. The fraction of sp³-hybridized carbons (Fsp3) is 0. The Bertz CT molecular complexity index is 127. The molecule has 0 aromatic carbocycles. The SMILES string of the molecule is C#N.O=S(=O)(O)O.[NaH]. The first kappa shape index (κ1) is 15.8. The zero-order valence-corrected chi connectivity index (χ0v) is 3.96. The van der Waals surface area contributed by atoms with Gasteiger partial charge < -0.3 is 0 Å². The van der Waals surface area contributed by atoms with Crippen LogP contribution in [-0.4, -0.2) is 47.1 Å². The molecule has 5 nitrogen and oxygen atoms in total. The molecule has 0 spiro atoms. The molecule has 0 unspecified atom stereocenters. The second-order valence-electron chi connectivity index (χ2n) is 0.448. The Morgan fingerprint density at radius 2 is 1.25 bits per heavy atom. The first-order valence-electron chi connectivity index (χ1n) is 0.957. The van der Waals surface area contributed by atoms with Gasteiger partial charge in [0.05, 0.1) is 0 Å². The van der Waals surface area contributed by atoms with Gasteiger partial charge in [-0.15, -0.1) is 0 Å². The third kappa shape index (κ3) is 1410. The summed E-state index contributed by atoms with van der Waals surface area (Å²) in [5, 5.41) is 6.50. The van der Waals surface area contributed by atoms with Crippen LogP contribution < -0.4 is 0 Å². The van der Waals surface area contributed by atoms with Gasteiger partial charge in [-0.25, -0.2) is 5.26 Å². The molecule has 0 atom stereocenters. The van der Waals surface area contributed by atoms with Gasteiger partial charge >= 0.3 is 40.0 Å². The predicted octanol–water partition coefficient (Wildman–Crippen LogP) is -1.16. The van der Waals surface area contributed by atoms with Crippen LogP contribution in [0.2, 0.25) is 0 Å². The zero-order valence-electron chi connectivity index (χ0n) is 3.14. The van der Waals surface area contributed by atoms with Gasteiger partial charge in [-0.1, -0.05) is 0 Å². The first-order valence-corrected chi connectivity index (χ1v) is 2.35. The molecule has 0 fully saturated rings. The van der Waals surface area contributed by atoms with E-state index in [0.29, 0.717) is 0 Å². The summed E-state index contributed by atoms with van der Waals surface area (Å²) in [6.45, 7) is 3.50. The van der Waals surface area contributed by atoms with Crippen molar-refractivity contribution in [3.63, 3.8) is 0 Å². The molecule has 0 aliphatic rings. The normalized spacial score (nSPS) is 7.50. The summed E-state index contributed by atoms with van der Waals surface area (Å²) in [4.78, 5) is 0. The molecule has 0 heterocycles. The van der Waals surface area contributed by atoms with Gasteiger partial charge in [0, 0.05) is 6.57 Å². The van der Waals surface area contributed by atoms with Crippen LogP contribution in [0.3, 0.4) is 0 Å². The van der Waals surface area contributed by atoms with E-state index in [1.165, 1.54) is 0 Å². The van der Waals surface area contributed by atoms with Crippen LogP contribution in [-0.2, 0) is 10.4 Å². The topological polar surface area (TPSA) is 98.4 Å². The summed E-state index contributed by atoms with van der Waals surface area (Å²) in [5.74, 6) is 0. The summed E-state index contributed by atoms with van der Waals surface area (Å²) in [6.07, 6.45) is 0. The molecule has 0 saturated carbocycles. The van der Waals surface area contributed by atoms with Crippen molar-refractivity contribution in [1.82, 2.24) is 0 Å². The first-order chi connectivity index (χ1) is 3.00. The Morgan fingerprint density at radius 1 is 1.25 bits per heavy atom. The van der Waals surface area contributed by atoms with Crippen molar-refractivity contribution < 1.29 is 17.5 Å². The second kappa shape index (κ2) is 7.36. The van der Waals surface area contributed by atoms with Crippen molar-refractivity contribution in [2.45, 2.75) is 0 Å². The molecule has 0 rings (SSSR count). The van der Waals surface area contributed by atoms with Gasteiger partial charge in [0.1, 0.15) is 0 Å². The van der Waals surface area contributed by atoms with Crippen LogP contribution in [0.5, 0.6) is 0 Å². The molecule has 0 saturated heterocycles. The van der Waals surface area contributed by atoms with Crippen LogP contribution in [0.1, 0.15) is 0 Å². The van der Waals surface area contributed by atoms with E-state index in [-0.39, 0.29) is 29.6 Å². The summed E-state index contributed by atoms with van der Waals surface area (Å²) in [6, 6.07) is 0. The average Bonchev–Trinajstić information content (AvgIpc) is 1.36. The van der Waals surface area contributed by atoms with E-state index in [1.807, 2.05) is 0 Å². The molecular formula is CH4NNaO4S. The van der Waals surface area contributed by atoms with Gasteiger partial charge in [-0.2, -0.15) is 8.42 Å². The van der Waals surface area contributed by atoms with Gasteiger partial charge in [-0.3, -0.25) is 9.11 Å². The van der Waals surface area contributed by atoms with Crippen LogP contribution in [0, 0.1) is 11.8 Å². The maximum absolute atomic E-state index is 8.74. The Kier molecular flexibility index (Phi) is 14.5. The Morgan fingerprint density at radius 3 is 1.25 bits per heavy atom. The molecular weight excluding hydrogens is 145 g/mol. The summed E-state index contributed by atoms with van der Waals surface area (Å²) in [7, 11) is -4.67. The Balaban J connectivity index is -0.0000000750. The maximum atomic E-state index is 8.74. The predicted molar refractivity (Wildman–Crippen MR) is 28.0 cm³/mol. The third-order valence-electron chi connectivity index (χ3n) is 0. The van der Waals surface area contributed by atoms with Gasteiger partial charge in [0.2, 0.25) is 0 Å². The molecule has 0 radical (unpaired) electrons. The molecule has 0 amide bonds. The zero-order chi connectivity index (χ0) is 6.50. The summed E-state index contributed by atoms with van der Waals surface area (Å²) < 4.78 is 31.6. The molecule has 8 heavy (non-hydrogen) atoms.